The summed E-state index contributed by atoms with van der Waals surface area (Å²) in [5.74, 6) is 0.817. The highest BCUT2D eigenvalue weighted by molar-refractivity contribution is 5.64. The molecule has 0 saturated carbocycles. The van der Waals surface area contributed by atoms with Crippen LogP contribution in [0.25, 0.3) is 17.0 Å². The van der Waals surface area contributed by atoms with E-state index in [1.165, 1.54) is 0 Å². The van der Waals surface area contributed by atoms with Crippen molar-refractivity contribution in [2.45, 2.75) is 0 Å². The molecule has 0 fully saturated rings. The summed E-state index contributed by atoms with van der Waals surface area (Å²) in [4.78, 5) is 0. The summed E-state index contributed by atoms with van der Waals surface area (Å²) in [6, 6.07) is 9.99. The van der Waals surface area contributed by atoms with E-state index in [9.17, 15) is 10.2 Å². The minimum absolute atomic E-state index is 0.0754. The van der Waals surface area contributed by atoms with Crippen LogP contribution in [0.4, 0.5) is 0 Å². The molecule has 0 spiro atoms. The van der Waals surface area contributed by atoms with Gasteiger partial charge in [-0.1, -0.05) is 12.1 Å². The van der Waals surface area contributed by atoms with Crippen LogP contribution in [-0.2, 0) is 0 Å². The maximum Gasteiger partial charge on any atom is 0.203 e. The van der Waals surface area contributed by atoms with Gasteiger partial charge >= 0.3 is 0 Å². The Balaban J connectivity index is 2.28. The Bertz CT molecular complexity index is 691. The third-order valence-electron chi connectivity index (χ3n) is 2.52. The molecule has 0 unspecified atom stereocenters. The van der Waals surface area contributed by atoms with E-state index >= 15 is 0 Å². The molecule has 3 aromatic rings. The number of nitrogens with zero attached hydrogens (tertiary/aromatic N) is 3. The number of pyridine rings is 1. The molecule has 2 aromatic heterocycles. The van der Waals surface area contributed by atoms with Gasteiger partial charge in [0.1, 0.15) is 5.75 Å². The topological polar surface area (TPSA) is 70.7 Å². The van der Waals surface area contributed by atoms with E-state index in [1.807, 2.05) is 6.07 Å². The molecule has 5 nitrogen and oxygen atoms in total. The highest BCUT2D eigenvalue weighted by atomic mass is 16.3. The number of fused-ring (bicyclic) bond motifs is 1. The average Bonchev–Trinajstić information content (AvgIpc) is 2.74. The Morgan fingerprint density at radius 3 is 2.71 bits per heavy atom. The van der Waals surface area contributed by atoms with Gasteiger partial charge in [-0.2, -0.15) is 0 Å². The van der Waals surface area contributed by atoms with Crippen LogP contribution in [0.15, 0.2) is 42.6 Å². The van der Waals surface area contributed by atoms with Gasteiger partial charge in [0.15, 0.2) is 11.6 Å². The van der Waals surface area contributed by atoms with Crippen molar-refractivity contribution < 1.29 is 10.2 Å². The summed E-state index contributed by atoms with van der Waals surface area (Å²) < 4.78 is 1.67. The predicted octanol–water partition coefficient (Wildman–Crippen LogP) is 1.81. The van der Waals surface area contributed by atoms with Gasteiger partial charge in [-0.25, -0.2) is 0 Å². The summed E-state index contributed by atoms with van der Waals surface area (Å²) in [5.41, 5.74) is 1.13. The largest absolute Gasteiger partial charge is 0.508 e. The van der Waals surface area contributed by atoms with Gasteiger partial charge in [-0.05, 0) is 24.3 Å². The Kier molecular flexibility index (Phi) is 1.98. The normalized spacial score (nSPS) is 10.8. The summed E-state index contributed by atoms with van der Waals surface area (Å²) in [6.07, 6.45) is 1.76. The van der Waals surface area contributed by atoms with Crippen LogP contribution < -0.4 is 0 Å². The molecule has 2 heterocycles. The summed E-state index contributed by atoms with van der Waals surface area (Å²) in [7, 11) is 0. The van der Waals surface area contributed by atoms with Gasteiger partial charge < -0.3 is 10.2 Å². The first-order valence-corrected chi connectivity index (χ1v) is 5.08. The smallest absolute Gasteiger partial charge is 0.203 e. The van der Waals surface area contributed by atoms with Crippen molar-refractivity contribution in [2.24, 2.45) is 0 Å². The van der Waals surface area contributed by atoms with Gasteiger partial charge in [-0.15, -0.1) is 10.2 Å². The number of phenols is 1. The molecule has 0 saturated heterocycles. The lowest BCUT2D eigenvalue weighted by atomic mass is 10.2. The van der Waals surface area contributed by atoms with Gasteiger partial charge in [0.25, 0.3) is 0 Å². The zero-order chi connectivity index (χ0) is 11.8. The minimum atomic E-state index is 0.0754. The van der Waals surface area contributed by atoms with Gasteiger partial charge in [-0.3, -0.25) is 4.40 Å². The second kappa shape index (κ2) is 3.48. The molecule has 84 valence electrons. The van der Waals surface area contributed by atoms with E-state index in [4.69, 9.17) is 0 Å². The van der Waals surface area contributed by atoms with E-state index < -0.39 is 0 Å². The molecule has 0 aliphatic rings. The van der Waals surface area contributed by atoms with Crippen molar-refractivity contribution >= 4 is 5.65 Å². The van der Waals surface area contributed by atoms with Crippen LogP contribution in [0.1, 0.15) is 0 Å². The lowest BCUT2D eigenvalue weighted by molar-refractivity contribution is 0.475. The average molecular weight is 227 g/mol. The minimum Gasteiger partial charge on any atom is -0.508 e. The second-order valence-electron chi connectivity index (χ2n) is 3.66. The van der Waals surface area contributed by atoms with E-state index in [-0.39, 0.29) is 11.5 Å². The van der Waals surface area contributed by atoms with Crippen LogP contribution in [0.2, 0.25) is 0 Å². The second-order valence-corrected chi connectivity index (χ2v) is 3.66. The number of phenolic OH excluding ortho intramolecular Hbond substituents is 1. The van der Waals surface area contributed by atoms with E-state index in [2.05, 4.69) is 10.2 Å². The Labute approximate surface area is 96.6 Å². The van der Waals surface area contributed by atoms with Gasteiger partial charge in [0, 0.05) is 11.8 Å². The standard InChI is InChI=1S/C12H9N3O2/c16-9-4-1-3-8(7-9)11-13-14-12-10(17)5-2-6-15(11)12/h1-7,16-17H. The van der Waals surface area contributed by atoms with Crippen LogP contribution in [-0.4, -0.2) is 24.8 Å². The Morgan fingerprint density at radius 1 is 1.00 bits per heavy atom. The SMILES string of the molecule is Oc1cccc(-c2nnc3c(O)cccn23)c1. The highest BCUT2D eigenvalue weighted by Gasteiger charge is 2.10. The third kappa shape index (κ3) is 1.48. The molecule has 0 amide bonds. The van der Waals surface area contributed by atoms with Crippen molar-refractivity contribution in [2.75, 3.05) is 0 Å². The zero-order valence-corrected chi connectivity index (χ0v) is 8.78. The van der Waals surface area contributed by atoms with Crippen LogP contribution in [0.3, 0.4) is 0 Å². The molecule has 0 aliphatic heterocycles. The summed E-state index contributed by atoms with van der Waals surface area (Å²) >= 11 is 0. The fourth-order valence-corrected chi connectivity index (χ4v) is 1.74. The van der Waals surface area contributed by atoms with E-state index in [0.29, 0.717) is 11.5 Å². The van der Waals surface area contributed by atoms with Crippen molar-refractivity contribution in [1.82, 2.24) is 14.6 Å². The van der Waals surface area contributed by atoms with Crippen molar-refractivity contribution in [3.8, 4) is 22.9 Å². The number of hydrogen-bond acceptors (Lipinski definition) is 4. The maximum absolute atomic E-state index is 9.61. The van der Waals surface area contributed by atoms with Gasteiger partial charge in [0.05, 0.1) is 0 Å². The molecular formula is C12H9N3O2. The first-order valence-electron chi connectivity index (χ1n) is 5.08. The van der Waals surface area contributed by atoms with Crippen LogP contribution in [0, 0.1) is 0 Å². The fourth-order valence-electron chi connectivity index (χ4n) is 1.74. The molecular weight excluding hydrogens is 218 g/mol. The third-order valence-corrected chi connectivity index (χ3v) is 2.52. The Hall–Kier alpha value is -2.56. The monoisotopic (exact) mass is 227 g/mol. The van der Waals surface area contributed by atoms with Crippen molar-refractivity contribution in [1.29, 1.82) is 0 Å². The quantitative estimate of drug-likeness (QED) is 0.665. The molecule has 0 aliphatic carbocycles. The van der Waals surface area contributed by atoms with E-state index in [0.717, 1.165) is 5.56 Å². The molecule has 0 bridgehead atoms. The fraction of sp³-hybridized carbons (Fsp3) is 0. The lowest BCUT2D eigenvalue weighted by Gasteiger charge is -2.00. The highest BCUT2D eigenvalue weighted by Crippen LogP contribution is 2.24. The number of rotatable bonds is 1. The predicted molar refractivity (Wildman–Crippen MR) is 61.8 cm³/mol. The summed E-state index contributed by atoms with van der Waals surface area (Å²) in [5, 5.41) is 27.0. The molecule has 3 rings (SSSR count). The molecule has 5 heteroatoms. The zero-order valence-electron chi connectivity index (χ0n) is 8.78. The Morgan fingerprint density at radius 2 is 1.88 bits per heavy atom. The molecule has 17 heavy (non-hydrogen) atoms. The first kappa shape index (κ1) is 9.65. The van der Waals surface area contributed by atoms with Crippen LogP contribution in [0.5, 0.6) is 11.5 Å². The number of hydrogen-bond donors (Lipinski definition) is 2. The van der Waals surface area contributed by atoms with Crippen molar-refractivity contribution in [3.63, 3.8) is 0 Å². The molecule has 2 N–H and O–H groups in total. The van der Waals surface area contributed by atoms with E-state index in [1.54, 1.807) is 40.9 Å². The molecule has 0 atom stereocenters. The number of benzene rings is 1. The number of aromatic nitrogens is 3. The molecule has 0 radical (unpaired) electrons. The first-order chi connectivity index (χ1) is 8.25. The maximum atomic E-state index is 9.61. The lowest BCUT2D eigenvalue weighted by Crippen LogP contribution is -1.88. The van der Waals surface area contributed by atoms with Crippen LogP contribution >= 0.6 is 0 Å². The summed E-state index contributed by atoms with van der Waals surface area (Å²) in [6.45, 7) is 0. The van der Waals surface area contributed by atoms with Crippen molar-refractivity contribution in [3.05, 3.63) is 42.6 Å². The molecule has 1 aromatic carbocycles. The number of aromatic hydroxyl groups is 2. The van der Waals surface area contributed by atoms with Gasteiger partial charge in [0.2, 0.25) is 5.65 Å².